The molecule has 0 fully saturated rings. The lowest BCUT2D eigenvalue weighted by Crippen LogP contribution is -2.09. The zero-order valence-electron chi connectivity index (χ0n) is 12.1. The Morgan fingerprint density at radius 3 is 2.63 bits per heavy atom. The minimum atomic E-state index is -0.295. The molecule has 1 rings (SSSR count). The van der Waals surface area contributed by atoms with E-state index in [1.165, 1.54) is 5.57 Å². The van der Waals surface area contributed by atoms with E-state index in [1.54, 1.807) is 6.07 Å². The molecule has 0 unspecified atom stereocenters. The van der Waals surface area contributed by atoms with Gasteiger partial charge in [-0.1, -0.05) is 44.6 Å². The summed E-state index contributed by atoms with van der Waals surface area (Å²) < 4.78 is 0. The van der Waals surface area contributed by atoms with E-state index in [-0.39, 0.29) is 16.5 Å². The highest BCUT2D eigenvalue weighted by Crippen LogP contribution is 2.28. The van der Waals surface area contributed by atoms with Crippen LogP contribution in [0.2, 0.25) is 0 Å². The molecule has 0 bridgehead atoms. The molecule has 0 aliphatic rings. The fraction of sp³-hybridized carbons (Fsp3) is 0.467. The zero-order valence-corrected chi connectivity index (χ0v) is 12.1. The van der Waals surface area contributed by atoms with Gasteiger partial charge in [0.2, 0.25) is 0 Å². The van der Waals surface area contributed by atoms with Crippen LogP contribution in [0, 0.1) is 10.1 Å². The summed E-state index contributed by atoms with van der Waals surface area (Å²) in [5.74, 6) is 0.154. The number of nitrogens with zero attached hydrogens (tertiary/aromatic N) is 1. The number of rotatable bonds is 6. The van der Waals surface area contributed by atoms with E-state index in [0.717, 1.165) is 24.1 Å². The van der Waals surface area contributed by atoms with Gasteiger partial charge in [-0.2, -0.15) is 0 Å². The van der Waals surface area contributed by atoms with Gasteiger partial charge in [0, 0.05) is 18.2 Å². The number of nitro benzene ring substituents is 1. The summed E-state index contributed by atoms with van der Waals surface area (Å²) in [5, 5.41) is 14.2. The molecule has 0 aliphatic heterocycles. The Balaban J connectivity index is 3.18. The van der Waals surface area contributed by atoms with Gasteiger partial charge in [-0.05, 0) is 24.9 Å². The molecule has 0 aromatic heterocycles. The molecule has 0 spiro atoms. The van der Waals surface area contributed by atoms with Crippen LogP contribution in [0.4, 0.5) is 5.69 Å². The van der Waals surface area contributed by atoms with Gasteiger partial charge < -0.3 is 5.32 Å². The summed E-state index contributed by atoms with van der Waals surface area (Å²) in [6.07, 6.45) is 2.95. The maximum atomic E-state index is 11.1. The highest BCUT2D eigenvalue weighted by Gasteiger charge is 2.16. The average molecular weight is 262 g/mol. The van der Waals surface area contributed by atoms with Gasteiger partial charge in [-0.15, -0.1) is 0 Å². The first-order chi connectivity index (χ1) is 8.99. The van der Waals surface area contributed by atoms with Crippen molar-refractivity contribution in [3.05, 3.63) is 45.0 Å². The van der Waals surface area contributed by atoms with Crippen molar-refractivity contribution >= 4 is 11.8 Å². The molecule has 4 heteroatoms. The lowest BCUT2D eigenvalue weighted by atomic mass is 9.98. The van der Waals surface area contributed by atoms with Crippen LogP contribution in [0.5, 0.6) is 0 Å². The van der Waals surface area contributed by atoms with Crippen LogP contribution in [-0.2, 0) is 0 Å². The number of nitrogens with one attached hydrogen (secondary N) is 1. The van der Waals surface area contributed by atoms with Crippen molar-refractivity contribution in [2.45, 2.75) is 33.1 Å². The van der Waals surface area contributed by atoms with Crippen molar-refractivity contribution in [3.8, 4) is 0 Å². The fourth-order valence-corrected chi connectivity index (χ4v) is 2.04. The van der Waals surface area contributed by atoms with Gasteiger partial charge in [-0.3, -0.25) is 10.1 Å². The van der Waals surface area contributed by atoms with Crippen LogP contribution in [0.3, 0.4) is 0 Å². The monoisotopic (exact) mass is 262 g/mol. The first-order valence-corrected chi connectivity index (χ1v) is 6.62. The highest BCUT2D eigenvalue weighted by atomic mass is 16.6. The Morgan fingerprint density at radius 1 is 1.47 bits per heavy atom. The van der Waals surface area contributed by atoms with E-state index in [9.17, 15) is 10.1 Å². The van der Waals surface area contributed by atoms with Gasteiger partial charge in [0.05, 0.1) is 4.92 Å². The van der Waals surface area contributed by atoms with Gasteiger partial charge in [0.25, 0.3) is 5.69 Å². The Morgan fingerprint density at radius 2 is 2.16 bits per heavy atom. The van der Waals surface area contributed by atoms with Crippen molar-refractivity contribution in [1.29, 1.82) is 0 Å². The topological polar surface area (TPSA) is 55.2 Å². The summed E-state index contributed by atoms with van der Waals surface area (Å²) in [4.78, 5) is 10.8. The lowest BCUT2D eigenvalue weighted by Gasteiger charge is -2.08. The molecule has 0 saturated heterocycles. The summed E-state index contributed by atoms with van der Waals surface area (Å²) in [5.41, 5.74) is 3.12. The Kier molecular flexibility index (Phi) is 5.70. The average Bonchev–Trinajstić information content (AvgIpc) is 2.37. The summed E-state index contributed by atoms with van der Waals surface area (Å²) in [6, 6.07) is 5.48. The maximum Gasteiger partial charge on any atom is 0.273 e. The van der Waals surface area contributed by atoms with Crippen LogP contribution in [-0.4, -0.2) is 18.5 Å². The summed E-state index contributed by atoms with van der Waals surface area (Å²) >= 11 is 0. The predicted octanol–water partition coefficient (Wildman–Crippen LogP) is 3.73. The Labute approximate surface area is 114 Å². The second-order valence-corrected chi connectivity index (χ2v) is 4.92. The summed E-state index contributed by atoms with van der Waals surface area (Å²) in [6.45, 7) is 6.82. The SMILES string of the molecule is CCC(=Cc1ccc(C(C)C)c([N+](=O)[O-])c1)CNC. The van der Waals surface area contributed by atoms with E-state index in [0.29, 0.717) is 0 Å². The smallest absolute Gasteiger partial charge is 0.273 e. The molecule has 1 aromatic carbocycles. The third kappa shape index (κ3) is 4.17. The quantitative estimate of drug-likeness (QED) is 0.627. The van der Waals surface area contributed by atoms with E-state index in [4.69, 9.17) is 0 Å². The predicted molar refractivity (Wildman–Crippen MR) is 79.4 cm³/mol. The van der Waals surface area contributed by atoms with Crippen molar-refractivity contribution in [3.63, 3.8) is 0 Å². The highest BCUT2D eigenvalue weighted by molar-refractivity contribution is 5.59. The van der Waals surface area contributed by atoms with Crippen LogP contribution in [0.15, 0.2) is 23.8 Å². The molecule has 0 atom stereocenters. The van der Waals surface area contributed by atoms with Crippen LogP contribution < -0.4 is 5.32 Å². The zero-order chi connectivity index (χ0) is 14.4. The number of hydrogen-bond acceptors (Lipinski definition) is 3. The molecule has 0 amide bonds. The summed E-state index contributed by atoms with van der Waals surface area (Å²) in [7, 11) is 1.90. The molecule has 0 saturated carbocycles. The first-order valence-electron chi connectivity index (χ1n) is 6.62. The minimum Gasteiger partial charge on any atom is -0.316 e. The molecular formula is C15H22N2O2. The van der Waals surface area contributed by atoms with E-state index >= 15 is 0 Å². The Hall–Kier alpha value is -1.68. The van der Waals surface area contributed by atoms with Crippen molar-refractivity contribution in [1.82, 2.24) is 5.32 Å². The molecule has 0 heterocycles. The van der Waals surface area contributed by atoms with E-state index in [1.807, 2.05) is 39.1 Å². The molecule has 19 heavy (non-hydrogen) atoms. The van der Waals surface area contributed by atoms with Crippen LogP contribution in [0.1, 0.15) is 44.2 Å². The normalized spacial score (nSPS) is 11.9. The van der Waals surface area contributed by atoms with Gasteiger partial charge in [-0.25, -0.2) is 0 Å². The Bertz CT molecular complexity index is 479. The molecule has 4 nitrogen and oxygen atoms in total. The molecule has 104 valence electrons. The number of nitro groups is 1. The minimum absolute atomic E-state index is 0.154. The van der Waals surface area contributed by atoms with E-state index < -0.39 is 0 Å². The number of benzene rings is 1. The lowest BCUT2D eigenvalue weighted by molar-refractivity contribution is -0.385. The van der Waals surface area contributed by atoms with Gasteiger partial charge in [0.1, 0.15) is 0 Å². The molecule has 1 aromatic rings. The number of hydrogen-bond donors (Lipinski definition) is 1. The maximum absolute atomic E-state index is 11.1. The first kappa shape index (κ1) is 15.4. The van der Waals surface area contributed by atoms with Crippen molar-refractivity contribution in [2.75, 3.05) is 13.6 Å². The van der Waals surface area contributed by atoms with Gasteiger partial charge in [0.15, 0.2) is 0 Å². The fourth-order valence-electron chi connectivity index (χ4n) is 2.04. The van der Waals surface area contributed by atoms with Crippen molar-refractivity contribution in [2.24, 2.45) is 0 Å². The van der Waals surface area contributed by atoms with Crippen LogP contribution >= 0.6 is 0 Å². The second kappa shape index (κ2) is 7.04. The molecular weight excluding hydrogens is 240 g/mol. The largest absolute Gasteiger partial charge is 0.316 e. The van der Waals surface area contributed by atoms with Crippen LogP contribution in [0.25, 0.3) is 6.08 Å². The van der Waals surface area contributed by atoms with Gasteiger partial charge >= 0.3 is 0 Å². The third-order valence-electron chi connectivity index (χ3n) is 3.10. The second-order valence-electron chi connectivity index (χ2n) is 4.92. The molecule has 0 aliphatic carbocycles. The third-order valence-corrected chi connectivity index (χ3v) is 3.10. The number of likely N-dealkylation sites (N-methyl/N-ethyl adjacent to an activating group) is 1. The van der Waals surface area contributed by atoms with Crippen molar-refractivity contribution < 1.29 is 4.92 Å². The molecule has 0 radical (unpaired) electrons. The standard InChI is InChI=1S/C15H22N2O2/c1-5-12(10-16-4)8-13-6-7-14(11(2)3)15(9-13)17(18)19/h6-9,11,16H,5,10H2,1-4H3. The van der Waals surface area contributed by atoms with E-state index in [2.05, 4.69) is 12.2 Å². The molecule has 1 N–H and O–H groups in total.